The van der Waals surface area contributed by atoms with Crippen LogP contribution in [0, 0.1) is 5.92 Å². The van der Waals surface area contributed by atoms with Crippen LogP contribution in [-0.4, -0.2) is 57.0 Å². The lowest BCUT2D eigenvalue weighted by atomic mass is 9.97. The molecule has 1 unspecified atom stereocenters. The van der Waals surface area contributed by atoms with Crippen LogP contribution in [0.4, 0.5) is 0 Å². The molecule has 10 heteroatoms. The fourth-order valence-corrected chi connectivity index (χ4v) is 4.13. The zero-order chi connectivity index (χ0) is 23.8. The summed E-state index contributed by atoms with van der Waals surface area (Å²) in [7, 11) is -3.36. The predicted octanol–water partition coefficient (Wildman–Crippen LogP) is 1.56. The first kappa shape index (κ1) is 24.2. The summed E-state index contributed by atoms with van der Waals surface area (Å²) in [5, 5.41) is 0. The van der Waals surface area contributed by atoms with Gasteiger partial charge < -0.3 is 9.64 Å². The zero-order valence-electron chi connectivity index (χ0n) is 18.3. The van der Waals surface area contributed by atoms with Gasteiger partial charge in [0.1, 0.15) is 5.75 Å². The Balaban J connectivity index is 1.45. The van der Waals surface area contributed by atoms with E-state index in [9.17, 15) is 22.8 Å². The SMILES string of the molecule is CS(=O)(=O)c1ccc(C(=O)NNC(=O)C2CCCN(C(=O)CCOc3ccccc3)C2)cc1. The minimum atomic E-state index is -3.36. The molecule has 9 nitrogen and oxygen atoms in total. The first-order chi connectivity index (χ1) is 15.7. The molecule has 2 aromatic rings. The Hall–Kier alpha value is -3.40. The Morgan fingerprint density at radius 2 is 1.73 bits per heavy atom. The number of para-hydroxylation sites is 1. The van der Waals surface area contributed by atoms with Crippen molar-refractivity contribution in [3.8, 4) is 5.75 Å². The van der Waals surface area contributed by atoms with Crippen LogP contribution >= 0.6 is 0 Å². The first-order valence-electron chi connectivity index (χ1n) is 10.6. The van der Waals surface area contributed by atoms with Crippen molar-refractivity contribution >= 4 is 27.6 Å². The second-order valence-corrected chi connectivity index (χ2v) is 9.85. The molecule has 2 N–H and O–H groups in total. The van der Waals surface area contributed by atoms with Crippen LogP contribution in [0.1, 0.15) is 29.6 Å². The minimum absolute atomic E-state index is 0.0848. The predicted molar refractivity (Wildman–Crippen MR) is 121 cm³/mol. The molecular formula is C23H27N3O6S. The molecule has 33 heavy (non-hydrogen) atoms. The van der Waals surface area contributed by atoms with E-state index >= 15 is 0 Å². The van der Waals surface area contributed by atoms with Gasteiger partial charge in [0.25, 0.3) is 5.91 Å². The maximum absolute atomic E-state index is 12.5. The van der Waals surface area contributed by atoms with Crippen LogP contribution in [0.5, 0.6) is 5.75 Å². The number of hydrazine groups is 1. The van der Waals surface area contributed by atoms with Crippen molar-refractivity contribution in [1.29, 1.82) is 0 Å². The highest BCUT2D eigenvalue weighted by Gasteiger charge is 2.28. The van der Waals surface area contributed by atoms with Crippen molar-refractivity contribution in [1.82, 2.24) is 15.8 Å². The number of sulfone groups is 1. The van der Waals surface area contributed by atoms with Crippen molar-refractivity contribution in [3.63, 3.8) is 0 Å². The standard InChI is InChI=1S/C23H27N3O6S/c1-33(30,31)20-11-9-17(10-12-20)22(28)24-25-23(29)18-6-5-14-26(16-18)21(27)13-15-32-19-7-3-2-4-8-19/h2-4,7-12,18H,5-6,13-16H2,1H3,(H,24,28)(H,25,29). The van der Waals surface area contributed by atoms with Gasteiger partial charge in [-0.1, -0.05) is 18.2 Å². The lowest BCUT2D eigenvalue weighted by Crippen LogP contribution is -2.50. The van der Waals surface area contributed by atoms with Gasteiger partial charge in [0, 0.05) is 24.9 Å². The number of rotatable bonds is 7. The molecule has 176 valence electrons. The van der Waals surface area contributed by atoms with E-state index in [-0.39, 0.29) is 41.8 Å². The Morgan fingerprint density at radius 3 is 2.39 bits per heavy atom. The van der Waals surface area contributed by atoms with E-state index in [2.05, 4.69) is 10.9 Å². The fraction of sp³-hybridized carbons (Fsp3) is 0.348. The number of carbonyl (C=O) groups excluding carboxylic acids is 3. The zero-order valence-corrected chi connectivity index (χ0v) is 19.1. The van der Waals surface area contributed by atoms with Crippen molar-refractivity contribution < 1.29 is 27.5 Å². The van der Waals surface area contributed by atoms with Gasteiger partial charge in [-0.3, -0.25) is 25.2 Å². The largest absolute Gasteiger partial charge is 0.493 e. The monoisotopic (exact) mass is 473 g/mol. The van der Waals surface area contributed by atoms with E-state index in [1.165, 1.54) is 24.3 Å². The molecule has 1 heterocycles. The van der Waals surface area contributed by atoms with Gasteiger partial charge in [-0.15, -0.1) is 0 Å². The van der Waals surface area contributed by atoms with Gasteiger partial charge >= 0.3 is 0 Å². The van der Waals surface area contributed by atoms with Crippen molar-refractivity contribution in [2.24, 2.45) is 5.92 Å². The normalized spacial score (nSPS) is 16.0. The molecule has 0 saturated carbocycles. The van der Waals surface area contributed by atoms with Gasteiger partial charge in [-0.05, 0) is 49.2 Å². The number of hydrogen-bond donors (Lipinski definition) is 2. The highest BCUT2D eigenvalue weighted by molar-refractivity contribution is 7.90. The summed E-state index contributed by atoms with van der Waals surface area (Å²) in [6.07, 6.45) is 2.58. The number of hydrogen-bond acceptors (Lipinski definition) is 6. The Labute approximate surface area is 193 Å². The molecule has 0 spiro atoms. The van der Waals surface area contributed by atoms with Gasteiger partial charge in [-0.25, -0.2) is 8.42 Å². The van der Waals surface area contributed by atoms with Crippen LogP contribution in [0.25, 0.3) is 0 Å². The van der Waals surface area contributed by atoms with E-state index in [0.29, 0.717) is 25.1 Å². The highest BCUT2D eigenvalue weighted by Crippen LogP contribution is 2.18. The third kappa shape index (κ3) is 7.04. The van der Waals surface area contributed by atoms with E-state index in [0.717, 1.165) is 6.26 Å². The number of carbonyl (C=O) groups is 3. The summed E-state index contributed by atoms with van der Waals surface area (Å²) < 4.78 is 28.6. The van der Waals surface area contributed by atoms with Gasteiger partial charge in [-0.2, -0.15) is 0 Å². The molecule has 0 bridgehead atoms. The lowest BCUT2D eigenvalue weighted by molar-refractivity contribution is -0.136. The molecule has 0 aromatic heterocycles. The van der Waals surface area contributed by atoms with E-state index in [4.69, 9.17) is 4.74 Å². The second kappa shape index (κ2) is 11.0. The number of piperidine rings is 1. The molecule has 1 saturated heterocycles. The molecule has 1 atom stereocenters. The molecule has 1 aliphatic heterocycles. The lowest BCUT2D eigenvalue weighted by Gasteiger charge is -2.32. The molecule has 0 radical (unpaired) electrons. The second-order valence-electron chi connectivity index (χ2n) is 7.83. The average molecular weight is 474 g/mol. The first-order valence-corrected chi connectivity index (χ1v) is 12.5. The van der Waals surface area contributed by atoms with E-state index in [1.54, 1.807) is 4.90 Å². The quantitative estimate of drug-likeness (QED) is 0.589. The van der Waals surface area contributed by atoms with Crippen molar-refractivity contribution in [2.75, 3.05) is 26.0 Å². The summed E-state index contributed by atoms with van der Waals surface area (Å²) in [5.41, 5.74) is 4.95. The molecule has 3 rings (SSSR count). The summed E-state index contributed by atoms with van der Waals surface area (Å²) in [6.45, 7) is 1.10. The third-order valence-corrected chi connectivity index (χ3v) is 6.45. The van der Waals surface area contributed by atoms with E-state index < -0.39 is 21.7 Å². The Bertz CT molecular complexity index is 1090. The summed E-state index contributed by atoms with van der Waals surface area (Å²) in [5.74, 6) is -0.772. The van der Waals surface area contributed by atoms with Gasteiger partial charge in [0.15, 0.2) is 9.84 Å². The number of nitrogens with one attached hydrogen (secondary N) is 2. The van der Waals surface area contributed by atoms with Crippen LogP contribution < -0.4 is 15.6 Å². The highest BCUT2D eigenvalue weighted by atomic mass is 32.2. The van der Waals surface area contributed by atoms with Gasteiger partial charge in [0.05, 0.1) is 23.8 Å². The number of amides is 3. The summed E-state index contributed by atoms with van der Waals surface area (Å²) in [6, 6.07) is 14.6. The van der Waals surface area contributed by atoms with Crippen LogP contribution in [0.15, 0.2) is 59.5 Å². The van der Waals surface area contributed by atoms with E-state index in [1.807, 2.05) is 30.3 Å². The molecule has 3 amide bonds. The molecule has 1 fully saturated rings. The van der Waals surface area contributed by atoms with Crippen molar-refractivity contribution in [2.45, 2.75) is 24.2 Å². The molecule has 0 aliphatic carbocycles. The number of nitrogens with zero attached hydrogens (tertiary/aromatic N) is 1. The molecule has 2 aromatic carbocycles. The fourth-order valence-electron chi connectivity index (χ4n) is 3.49. The maximum Gasteiger partial charge on any atom is 0.269 e. The average Bonchev–Trinajstić information content (AvgIpc) is 2.82. The topological polar surface area (TPSA) is 122 Å². The van der Waals surface area contributed by atoms with Crippen LogP contribution in [0.3, 0.4) is 0 Å². The molecule has 1 aliphatic rings. The minimum Gasteiger partial charge on any atom is -0.493 e. The van der Waals surface area contributed by atoms with Crippen LogP contribution in [-0.2, 0) is 19.4 Å². The third-order valence-electron chi connectivity index (χ3n) is 5.32. The van der Waals surface area contributed by atoms with Crippen LogP contribution in [0.2, 0.25) is 0 Å². The smallest absolute Gasteiger partial charge is 0.269 e. The number of ether oxygens (including phenoxy) is 1. The number of likely N-dealkylation sites (tertiary alicyclic amines) is 1. The van der Waals surface area contributed by atoms with Gasteiger partial charge in [0.2, 0.25) is 11.8 Å². The maximum atomic E-state index is 12.5. The Morgan fingerprint density at radius 1 is 1.03 bits per heavy atom. The Kier molecular flexibility index (Phi) is 8.05. The summed E-state index contributed by atoms with van der Waals surface area (Å²) >= 11 is 0. The molecular weight excluding hydrogens is 446 g/mol. The number of benzene rings is 2. The summed E-state index contributed by atoms with van der Waals surface area (Å²) in [4.78, 5) is 39.0. The van der Waals surface area contributed by atoms with Crippen molar-refractivity contribution in [3.05, 3.63) is 60.2 Å².